The number of thioether (sulfide) groups is 2. The maximum Gasteiger partial charge on any atom is 0.293 e. The molecule has 160 valence electrons. The molecule has 0 radical (unpaired) electrons. The number of rotatable bonds is 7. The molecule has 1 atom stereocenters. The Bertz CT molecular complexity index is 1040. The zero-order valence-electron chi connectivity index (χ0n) is 16.7. The molecule has 2 heterocycles. The number of nitrogens with zero attached hydrogens (tertiary/aromatic N) is 1. The molecule has 0 saturated carbocycles. The van der Waals surface area contributed by atoms with Crippen LogP contribution in [0.1, 0.15) is 12.5 Å². The second-order valence-corrected chi connectivity index (χ2v) is 9.22. The van der Waals surface area contributed by atoms with E-state index in [1.54, 1.807) is 24.3 Å². The summed E-state index contributed by atoms with van der Waals surface area (Å²) >= 11 is 2.34. The van der Waals surface area contributed by atoms with E-state index >= 15 is 0 Å². The molecule has 3 amide bonds. The van der Waals surface area contributed by atoms with Crippen LogP contribution in [0, 0.1) is 0 Å². The predicted octanol–water partition coefficient (Wildman–Crippen LogP) is 3.75. The Labute approximate surface area is 188 Å². The van der Waals surface area contributed by atoms with Gasteiger partial charge < -0.3 is 14.8 Å². The van der Waals surface area contributed by atoms with Crippen molar-refractivity contribution < 1.29 is 23.9 Å². The van der Waals surface area contributed by atoms with Gasteiger partial charge in [-0.1, -0.05) is 24.3 Å². The number of hydrogen-bond donors (Lipinski definition) is 1. The van der Waals surface area contributed by atoms with Crippen molar-refractivity contribution >= 4 is 46.7 Å². The number of carbonyl (C=O) groups excluding carboxylic acids is 3. The summed E-state index contributed by atoms with van der Waals surface area (Å²) in [6.07, 6.45) is 1.66. The molecule has 2 aromatic carbocycles. The largest absolute Gasteiger partial charge is 0.454 e. The Morgan fingerprint density at radius 3 is 2.77 bits per heavy atom. The maximum absolute atomic E-state index is 12.6. The average Bonchev–Trinajstić information content (AvgIpc) is 3.33. The van der Waals surface area contributed by atoms with E-state index in [0.717, 1.165) is 27.1 Å². The minimum Gasteiger partial charge on any atom is -0.454 e. The van der Waals surface area contributed by atoms with Gasteiger partial charge in [-0.15, -0.1) is 11.8 Å². The summed E-state index contributed by atoms with van der Waals surface area (Å²) in [4.78, 5) is 39.8. The molecule has 1 saturated heterocycles. The molecule has 1 N–H and O–H groups in total. The van der Waals surface area contributed by atoms with E-state index in [4.69, 9.17) is 9.47 Å². The van der Waals surface area contributed by atoms with Gasteiger partial charge in [0, 0.05) is 18.0 Å². The van der Waals surface area contributed by atoms with E-state index in [0.29, 0.717) is 16.4 Å². The lowest BCUT2D eigenvalue weighted by Gasteiger charge is -2.15. The minimum atomic E-state index is -0.367. The highest BCUT2D eigenvalue weighted by atomic mass is 32.2. The Hall–Kier alpha value is -2.91. The van der Waals surface area contributed by atoms with Gasteiger partial charge in [0.25, 0.3) is 11.1 Å². The molecule has 31 heavy (non-hydrogen) atoms. The van der Waals surface area contributed by atoms with Crippen LogP contribution in [-0.2, 0) is 9.59 Å². The van der Waals surface area contributed by atoms with Crippen LogP contribution in [0.15, 0.2) is 58.3 Å². The molecule has 1 unspecified atom stereocenters. The van der Waals surface area contributed by atoms with Crippen molar-refractivity contribution in [3.05, 3.63) is 59.0 Å². The van der Waals surface area contributed by atoms with Gasteiger partial charge >= 0.3 is 0 Å². The highest BCUT2D eigenvalue weighted by molar-refractivity contribution is 8.18. The molecule has 1 fully saturated rings. The quantitative estimate of drug-likeness (QED) is 0.502. The number of fused-ring (bicyclic) bond motifs is 1. The molecular weight excluding hydrogens is 436 g/mol. The molecule has 7 nitrogen and oxygen atoms in total. The third kappa shape index (κ3) is 5.05. The normalized spacial score (nSPS) is 17.3. The number of ether oxygens (including phenoxy) is 2. The Kier molecular flexibility index (Phi) is 6.53. The van der Waals surface area contributed by atoms with Crippen LogP contribution < -0.4 is 14.8 Å². The van der Waals surface area contributed by atoms with Crippen LogP contribution in [-0.4, -0.2) is 47.1 Å². The van der Waals surface area contributed by atoms with Crippen LogP contribution in [0.5, 0.6) is 11.5 Å². The first-order valence-corrected chi connectivity index (χ1v) is 11.4. The Balaban J connectivity index is 1.30. The van der Waals surface area contributed by atoms with Crippen molar-refractivity contribution in [2.24, 2.45) is 0 Å². The molecule has 0 aliphatic carbocycles. The lowest BCUT2D eigenvalue weighted by molar-refractivity contribution is -0.124. The summed E-state index contributed by atoms with van der Waals surface area (Å²) in [6.45, 7) is 2.32. The van der Waals surface area contributed by atoms with Crippen LogP contribution >= 0.6 is 23.5 Å². The SMILES string of the molecule is CC(Sc1ccccc1)C(=O)NCCN1C(=O)S/C(=C/c2ccc3c(c2)OCO3)C1=O. The van der Waals surface area contributed by atoms with Crippen molar-refractivity contribution in [1.29, 1.82) is 0 Å². The van der Waals surface area contributed by atoms with E-state index in [-0.39, 0.29) is 42.2 Å². The minimum absolute atomic E-state index is 0.123. The van der Waals surface area contributed by atoms with Crippen molar-refractivity contribution in [2.75, 3.05) is 19.9 Å². The van der Waals surface area contributed by atoms with Gasteiger partial charge in [0.2, 0.25) is 12.7 Å². The lowest BCUT2D eigenvalue weighted by atomic mass is 10.2. The summed E-state index contributed by atoms with van der Waals surface area (Å²) in [7, 11) is 0. The van der Waals surface area contributed by atoms with E-state index < -0.39 is 0 Å². The second kappa shape index (κ2) is 9.49. The van der Waals surface area contributed by atoms with Crippen molar-refractivity contribution in [3.8, 4) is 11.5 Å². The van der Waals surface area contributed by atoms with Gasteiger partial charge in [-0.25, -0.2) is 0 Å². The predicted molar refractivity (Wildman–Crippen MR) is 120 cm³/mol. The third-order valence-corrected chi connectivity index (χ3v) is 6.65. The molecule has 4 rings (SSSR count). The highest BCUT2D eigenvalue weighted by Gasteiger charge is 2.34. The summed E-state index contributed by atoms with van der Waals surface area (Å²) < 4.78 is 10.6. The summed E-state index contributed by atoms with van der Waals surface area (Å²) in [5, 5.41) is 2.16. The van der Waals surface area contributed by atoms with Gasteiger partial charge in [0.1, 0.15) is 0 Å². The fourth-order valence-electron chi connectivity index (χ4n) is 3.04. The third-order valence-electron chi connectivity index (χ3n) is 4.63. The molecule has 2 aliphatic rings. The monoisotopic (exact) mass is 456 g/mol. The van der Waals surface area contributed by atoms with E-state index in [1.807, 2.05) is 37.3 Å². The summed E-state index contributed by atoms with van der Waals surface area (Å²) in [6, 6.07) is 15.0. The van der Waals surface area contributed by atoms with E-state index in [9.17, 15) is 14.4 Å². The zero-order chi connectivity index (χ0) is 21.8. The van der Waals surface area contributed by atoms with Crippen molar-refractivity contribution in [1.82, 2.24) is 10.2 Å². The number of hydrogen-bond acceptors (Lipinski definition) is 7. The number of amides is 3. The maximum atomic E-state index is 12.6. The smallest absolute Gasteiger partial charge is 0.293 e. The first kappa shape index (κ1) is 21.3. The number of benzene rings is 2. The van der Waals surface area contributed by atoms with Crippen LogP contribution in [0.25, 0.3) is 6.08 Å². The topological polar surface area (TPSA) is 84.9 Å². The lowest BCUT2D eigenvalue weighted by Crippen LogP contribution is -2.39. The Morgan fingerprint density at radius 2 is 1.97 bits per heavy atom. The van der Waals surface area contributed by atoms with Gasteiger partial charge in [-0.3, -0.25) is 19.3 Å². The van der Waals surface area contributed by atoms with Crippen LogP contribution in [0.4, 0.5) is 4.79 Å². The van der Waals surface area contributed by atoms with E-state index in [2.05, 4.69) is 5.32 Å². The first-order valence-electron chi connectivity index (χ1n) is 9.66. The van der Waals surface area contributed by atoms with Gasteiger partial charge in [-0.05, 0) is 54.6 Å². The van der Waals surface area contributed by atoms with Crippen molar-refractivity contribution in [2.45, 2.75) is 17.1 Å². The second-order valence-electron chi connectivity index (χ2n) is 6.81. The molecule has 9 heteroatoms. The number of carbonyl (C=O) groups is 3. The fraction of sp³-hybridized carbons (Fsp3) is 0.227. The van der Waals surface area contributed by atoms with Crippen molar-refractivity contribution in [3.63, 3.8) is 0 Å². The molecule has 0 bridgehead atoms. The molecule has 2 aromatic rings. The van der Waals surface area contributed by atoms with Gasteiger partial charge in [0.15, 0.2) is 11.5 Å². The van der Waals surface area contributed by atoms with Crippen LogP contribution in [0.3, 0.4) is 0 Å². The van der Waals surface area contributed by atoms with Gasteiger partial charge in [-0.2, -0.15) is 0 Å². The number of nitrogens with one attached hydrogen (secondary N) is 1. The zero-order valence-corrected chi connectivity index (χ0v) is 18.3. The average molecular weight is 457 g/mol. The molecule has 0 aromatic heterocycles. The summed E-state index contributed by atoms with van der Waals surface area (Å²) in [5.74, 6) is 0.754. The number of imide groups is 1. The Morgan fingerprint density at radius 1 is 1.19 bits per heavy atom. The first-order chi connectivity index (χ1) is 15.0. The molecule has 2 aliphatic heterocycles. The van der Waals surface area contributed by atoms with E-state index in [1.165, 1.54) is 11.8 Å². The fourth-order valence-corrected chi connectivity index (χ4v) is 4.82. The van der Waals surface area contributed by atoms with Crippen LogP contribution in [0.2, 0.25) is 0 Å². The highest BCUT2D eigenvalue weighted by Crippen LogP contribution is 2.36. The molecule has 0 spiro atoms. The molecular formula is C22H20N2O5S2. The summed E-state index contributed by atoms with van der Waals surface area (Å²) in [5.41, 5.74) is 0.745. The standard InChI is InChI=1S/C22H20N2O5S2/c1-14(30-16-5-3-2-4-6-16)20(25)23-9-10-24-21(26)19(31-22(24)27)12-15-7-8-17-18(11-15)29-13-28-17/h2-8,11-12,14H,9-10,13H2,1H3,(H,23,25)/b19-12+. The van der Waals surface area contributed by atoms with Gasteiger partial charge in [0.05, 0.1) is 10.2 Å².